The Morgan fingerprint density at radius 1 is 1.50 bits per heavy atom. The summed E-state index contributed by atoms with van der Waals surface area (Å²) in [6, 6.07) is 0.610. The van der Waals surface area contributed by atoms with E-state index in [2.05, 4.69) is 23.2 Å². The number of likely N-dealkylation sites (tertiary alicyclic amines) is 1. The highest BCUT2D eigenvalue weighted by molar-refractivity contribution is 5.11. The van der Waals surface area contributed by atoms with E-state index in [4.69, 9.17) is 0 Å². The molecule has 0 amide bonds. The van der Waals surface area contributed by atoms with Gasteiger partial charge in [0.05, 0.1) is 6.20 Å². The van der Waals surface area contributed by atoms with Gasteiger partial charge in [-0.25, -0.2) is 0 Å². The van der Waals surface area contributed by atoms with E-state index >= 15 is 0 Å². The molecule has 0 N–H and O–H groups in total. The second-order valence-electron chi connectivity index (χ2n) is 3.59. The minimum Gasteiger partial charge on any atom is -0.299 e. The zero-order valence-electron chi connectivity index (χ0n) is 7.70. The fourth-order valence-electron chi connectivity index (χ4n) is 1.94. The van der Waals surface area contributed by atoms with E-state index in [-0.39, 0.29) is 0 Å². The third kappa shape index (κ3) is 1.25. The molecule has 1 aromatic heterocycles. The van der Waals surface area contributed by atoms with Crippen LogP contribution in [0.25, 0.3) is 0 Å². The normalized spacial score (nSPS) is 25.0. The van der Waals surface area contributed by atoms with Crippen LogP contribution in [0, 0.1) is 0 Å². The molecule has 0 saturated carbocycles. The number of aryl methyl sites for hydroxylation is 1. The first kappa shape index (κ1) is 7.80. The van der Waals surface area contributed by atoms with Crippen molar-refractivity contribution < 1.29 is 0 Å². The van der Waals surface area contributed by atoms with Crippen molar-refractivity contribution in [3.8, 4) is 0 Å². The fraction of sp³-hybridized carbons (Fsp3) is 0.667. The van der Waals surface area contributed by atoms with Gasteiger partial charge in [-0.05, 0) is 26.4 Å². The average molecular weight is 165 g/mol. The van der Waals surface area contributed by atoms with Gasteiger partial charge in [-0.1, -0.05) is 0 Å². The van der Waals surface area contributed by atoms with E-state index in [1.807, 2.05) is 17.9 Å². The summed E-state index contributed by atoms with van der Waals surface area (Å²) in [6.45, 7) is 1.22. The second kappa shape index (κ2) is 2.90. The largest absolute Gasteiger partial charge is 0.299 e. The molecule has 3 heteroatoms. The number of aromatic nitrogens is 2. The minimum absolute atomic E-state index is 0.610. The zero-order chi connectivity index (χ0) is 8.55. The highest BCUT2D eigenvalue weighted by Gasteiger charge is 2.23. The monoisotopic (exact) mass is 165 g/mol. The van der Waals surface area contributed by atoms with Crippen LogP contribution >= 0.6 is 0 Å². The Kier molecular flexibility index (Phi) is 1.89. The molecule has 1 aromatic rings. The highest BCUT2D eigenvalue weighted by atomic mass is 15.2. The molecule has 66 valence electrons. The Labute approximate surface area is 73.0 Å². The van der Waals surface area contributed by atoms with Crippen molar-refractivity contribution in [2.45, 2.75) is 18.9 Å². The third-order valence-corrected chi connectivity index (χ3v) is 2.63. The van der Waals surface area contributed by atoms with Crippen LogP contribution < -0.4 is 0 Å². The smallest absolute Gasteiger partial charge is 0.0537 e. The van der Waals surface area contributed by atoms with Gasteiger partial charge in [-0.3, -0.25) is 9.58 Å². The molecular weight excluding hydrogens is 150 g/mol. The molecule has 2 heterocycles. The molecule has 12 heavy (non-hydrogen) atoms. The van der Waals surface area contributed by atoms with Gasteiger partial charge in [0.1, 0.15) is 0 Å². The van der Waals surface area contributed by atoms with Crippen molar-refractivity contribution in [3.63, 3.8) is 0 Å². The van der Waals surface area contributed by atoms with E-state index in [0.717, 1.165) is 0 Å². The zero-order valence-corrected chi connectivity index (χ0v) is 7.70. The van der Waals surface area contributed by atoms with E-state index in [0.29, 0.717) is 6.04 Å². The Hall–Kier alpha value is -0.830. The molecule has 3 nitrogen and oxygen atoms in total. The first-order chi connectivity index (χ1) is 5.77. The molecule has 0 spiro atoms. The van der Waals surface area contributed by atoms with E-state index in [1.54, 1.807) is 0 Å². The SMILES string of the molecule is CN1CCCC1c1cnn(C)c1. The van der Waals surface area contributed by atoms with Crippen molar-refractivity contribution in [1.82, 2.24) is 14.7 Å². The van der Waals surface area contributed by atoms with Crippen molar-refractivity contribution in [2.24, 2.45) is 7.05 Å². The summed E-state index contributed by atoms with van der Waals surface area (Å²) >= 11 is 0. The molecule has 0 bridgehead atoms. The van der Waals surface area contributed by atoms with Crippen LogP contribution in [0.5, 0.6) is 0 Å². The summed E-state index contributed by atoms with van der Waals surface area (Å²) in [5.41, 5.74) is 1.36. The topological polar surface area (TPSA) is 21.1 Å². The van der Waals surface area contributed by atoms with E-state index < -0.39 is 0 Å². The average Bonchev–Trinajstić information content (AvgIpc) is 2.58. The van der Waals surface area contributed by atoms with Gasteiger partial charge in [0.25, 0.3) is 0 Å². The van der Waals surface area contributed by atoms with Gasteiger partial charge in [-0.15, -0.1) is 0 Å². The maximum Gasteiger partial charge on any atom is 0.0537 e. The maximum atomic E-state index is 4.19. The van der Waals surface area contributed by atoms with E-state index in [1.165, 1.54) is 24.9 Å². The van der Waals surface area contributed by atoms with Crippen LogP contribution in [0.15, 0.2) is 12.4 Å². The van der Waals surface area contributed by atoms with Gasteiger partial charge < -0.3 is 0 Å². The maximum absolute atomic E-state index is 4.19. The lowest BCUT2D eigenvalue weighted by Crippen LogP contribution is -2.16. The summed E-state index contributed by atoms with van der Waals surface area (Å²) in [7, 11) is 4.16. The first-order valence-electron chi connectivity index (χ1n) is 4.46. The number of rotatable bonds is 1. The van der Waals surface area contributed by atoms with Gasteiger partial charge >= 0.3 is 0 Å². The first-order valence-corrected chi connectivity index (χ1v) is 4.46. The standard InChI is InChI=1S/C9H15N3/c1-11-5-3-4-9(11)8-6-10-12(2)7-8/h6-7,9H,3-5H2,1-2H3. The Bertz CT molecular complexity index is 266. The molecule has 1 saturated heterocycles. The van der Waals surface area contributed by atoms with Crippen LogP contribution in [-0.2, 0) is 7.05 Å². The fourth-order valence-corrected chi connectivity index (χ4v) is 1.94. The van der Waals surface area contributed by atoms with Crippen molar-refractivity contribution in [3.05, 3.63) is 18.0 Å². The molecule has 0 aliphatic carbocycles. The molecule has 1 unspecified atom stereocenters. The molecule has 2 rings (SSSR count). The molecule has 0 radical (unpaired) electrons. The van der Waals surface area contributed by atoms with Crippen LogP contribution in [0.4, 0.5) is 0 Å². The lowest BCUT2D eigenvalue weighted by Gasteiger charge is -2.17. The second-order valence-corrected chi connectivity index (χ2v) is 3.59. The summed E-state index contributed by atoms with van der Waals surface area (Å²) in [5.74, 6) is 0. The van der Waals surface area contributed by atoms with Crippen LogP contribution in [0.2, 0.25) is 0 Å². The van der Waals surface area contributed by atoms with Crippen LogP contribution in [0.3, 0.4) is 0 Å². The molecule has 1 fully saturated rings. The molecule has 1 aliphatic heterocycles. The molecule has 1 atom stereocenters. The summed E-state index contributed by atoms with van der Waals surface area (Å²) in [5, 5.41) is 4.19. The molecule has 1 aliphatic rings. The van der Waals surface area contributed by atoms with Gasteiger partial charge in [-0.2, -0.15) is 5.10 Å². The summed E-state index contributed by atoms with van der Waals surface area (Å²) in [6.07, 6.45) is 6.69. The molecular formula is C9H15N3. The third-order valence-electron chi connectivity index (χ3n) is 2.63. The van der Waals surface area contributed by atoms with Gasteiger partial charge in [0.15, 0.2) is 0 Å². The Balaban J connectivity index is 2.19. The van der Waals surface area contributed by atoms with Gasteiger partial charge in [0.2, 0.25) is 0 Å². The van der Waals surface area contributed by atoms with E-state index in [9.17, 15) is 0 Å². The van der Waals surface area contributed by atoms with Crippen molar-refractivity contribution in [1.29, 1.82) is 0 Å². The number of nitrogens with zero attached hydrogens (tertiary/aromatic N) is 3. The molecule has 0 aromatic carbocycles. The van der Waals surface area contributed by atoms with Crippen LogP contribution in [0.1, 0.15) is 24.4 Å². The Morgan fingerprint density at radius 3 is 2.83 bits per heavy atom. The van der Waals surface area contributed by atoms with Crippen molar-refractivity contribution >= 4 is 0 Å². The number of hydrogen-bond donors (Lipinski definition) is 0. The lowest BCUT2D eigenvalue weighted by molar-refractivity contribution is 0.317. The quantitative estimate of drug-likeness (QED) is 0.623. The van der Waals surface area contributed by atoms with Gasteiger partial charge in [0, 0.05) is 24.8 Å². The predicted octanol–water partition coefficient (Wildman–Crippen LogP) is 1.19. The van der Waals surface area contributed by atoms with Crippen molar-refractivity contribution in [2.75, 3.05) is 13.6 Å². The lowest BCUT2D eigenvalue weighted by atomic mass is 10.1. The minimum atomic E-state index is 0.610. The number of hydrogen-bond acceptors (Lipinski definition) is 2. The highest BCUT2D eigenvalue weighted by Crippen LogP contribution is 2.29. The van der Waals surface area contributed by atoms with Crippen LogP contribution in [-0.4, -0.2) is 28.3 Å². The predicted molar refractivity (Wildman–Crippen MR) is 47.8 cm³/mol. The Morgan fingerprint density at radius 2 is 2.33 bits per heavy atom. The summed E-state index contributed by atoms with van der Waals surface area (Å²) < 4.78 is 1.88. The summed E-state index contributed by atoms with van der Waals surface area (Å²) in [4.78, 5) is 2.40.